The Kier molecular flexibility index (Phi) is 4.77. The highest BCUT2D eigenvalue weighted by molar-refractivity contribution is 7.99. The van der Waals surface area contributed by atoms with Crippen LogP contribution in [0.4, 0.5) is 34.1 Å². The van der Waals surface area contributed by atoms with Crippen LogP contribution in [0.1, 0.15) is 0 Å². The van der Waals surface area contributed by atoms with E-state index in [0.29, 0.717) is 0 Å². The zero-order valence-electron chi connectivity index (χ0n) is 29.2. The van der Waals surface area contributed by atoms with Crippen molar-refractivity contribution in [1.82, 2.24) is 4.57 Å². The zero-order chi connectivity index (χ0) is 35.3. The van der Waals surface area contributed by atoms with E-state index in [2.05, 4.69) is 166 Å². The molecule has 55 heavy (non-hydrogen) atoms. The lowest BCUT2D eigenvalue weighted by molar-refractivity contribution is 0.673. The Morgan fingerprint density at radius 2 is 1.15 bits per heavy atom. The van der Waals surface area contributed by atoms with Gasteiger partial charge in [0.15, 0.2) is 0 Å². The highest BCUT2D eigenvalue weighted by atomic mass is 32.2. The summed E-state index contributed by atoms with van der Waals surface area (Å²) in [6, 6.07) is 56.6. The van der Waals surface area contributed by atoms with Crippen LogP contribution in [0, 0.1) is 0 Å². The fourth-order valence-corrected chi connectivity index (χ4v) is 12.3. The molecule has 0 N–H and O–H groups in total. The van der Waals surface area contributed by atoms with Gasteiger partial charge in [-0.1, -0.05) is 115 Å². The maximum Gasteiger partial charge on any atom is 0.252 e. The molecule has 5 aliphatic heterocycles. The van der Waals surface area contributed by atoms with Crippen LogP contribution in [0.2, 0.25) is 0 Å². The van der Waals surface area contributed by atoms with Gasteiger partial charge in [-0.3, -0.25) is 0 Å². The van der Waals surface area contributed by atoms with Gasteiger partial charge in [0.25, 0.3) is 13.4 Å². The summed E-state index contributed by atoms with van der Waals surface area (Å²) in [6.45, 7) is 0.103. The zero-order valence-corrected chi connectivity index (χ0v) is 30.1. The molecule has 0 spiro atoms. The molecule has 0 amide bonds. The average molecular weight is 713 g/mol. The van der Waals surface area contributed by atoms with Crippen molar-refractivity contribution in [3.63, 3.8) is 0 Å². The lowest BCUT2D eigenvalue weighted by atomic mass is 9.29. The van der Waals surface area contributed by atoms with E-state index in [1.807, 2.05) is 11.8 Å². The topological polar surface area (TPSA) is 24.6 Å². The van der Waals surface area contributed by atoms with Gasteiger partial charge < -0.3 is 18.8 Å². The Labute approximate surface area is 320 Å². The standard InChI is InChI=1S/C48H25B2N3OS/c1-2-12-26(13-3-1)51-34-19-6-5-16-30(34)49-31-17-10-15-28-41-46-33(24-29-27-14-4-8-21-38(27)54-48(29)41)50-32-18-11-23-40-45(32)52(35-20-7-9-22-39(35)55-40)37-25-36(51)42(49)47(43(37)50)53(46)44(28)31/h1-25H. The van der Waals surface area contributed by atoms with Crippen LogP contribution in [0.25, 0.3) is 49.4 Å². The third-order valence-electron chi connectivity index (χ3n) is 13.1. The normalized spacial score (nSPS) is 14.7. The Bertz CT molecular complexity index is 3460. The van der Waals surface area contributed by atoms with Crippen molar-refractivity contribution < 1.29 is 4.42 Å². The van der Waals surface area contributed by atoms with Crippen LogP contribution in [-0.2, 0) is 0 Å². The minimum atomic E-state index is 0.0364. The molecule has 0 saturated heterocycles. The molecule has 0 unspecified atom stereocenters. The summed E-state index contributed by atoms with van der Waals surface area (Å²) in [6.07, 6.45) is 0. The summed E-state index contributed by atoms with van der Waals surface area (Å²) in [5.41, 5.74) is 21.5. The van der Waals surface area contributed by atoms with E-state index in [0.717, 1.165) is 11.2 Å². The van der Waals surface area contributed by atoms with Crippen LogP contribution >= 0.6 is 11.8 Å². The quantitative estimate of drug-likeness (QED) is 0.160. The molecule has 15 rings (SSSR count). The molecular formula is C48H25B2N3OS. The molecule has 7 heteroatoms. The average Bonchev–Trinajstić information content (AvgIpc) is 3.79. The minimum absolute atomic E-state index is 0.0364. The van der Waals surface area contributed by atoms with Gasteiger partial charge in [-0.25, -0.2) is 0 Å². The number of fused-ring (bicyclic) bond motifs is 13. The molecule has 0 atom stereocenters. The molecule has 10 aromatic rings. The van der Waals surface area contributed by atoms with E-state index in [1.165, 1.54) is 115 Å². The van der Waals surface area contributed by atoms with Gasteiger partial charge in [-0.05, 0) is 81.3 Å². The van der Waals surface area contributed by atoms with E-state index >= 15 is 0 Å². The third kappa shape index (κ3) is 3.08. The first-order chi connectivity index (χ1) is 27.3. The molecule has 250 valence electrons. The van der Waals surface area contributed by atoms with Gasteiger partial charge in [0.1, 0.15) is 11.2 Å². The highest BCUT2D eigenvalue weighted by Crippen LogP contribution is 2.54. The SMILES string of the molecule is c1ccc(N2c3ccccc3B3c4c2cc2c5c4-n4c6c3cccc6c3c6oc7ccccc7c6cc(c34)B5c3cccc4c3N2c2ccccc2S4)cc1. The predicted octanol–water partition coefficient (Wildman–Crippen LogP) is 8.37. The van der Waals surface area contributed by atoms with E-state index in [1.54, 1.807) is 0 Å². The summed E-state index contributed by atoms with van der Waals surface area (Å²) in [5.74, 6) is 0. The summed E-state index contributed by atoms with van der Waals surface area (Å²) < 4.78 is 9.59. The van der Waals surface area contributed by atoms with Gasteiger partial charge in [0.05, 0.1) is 22.3 Å². The van der Waals surface area contributed by atoms with Crippen LogP contribution < -0.4 is 42.6 Å². The minimum Gasteiger partial charge on any atom is -0.455 e. The van der Waals surface area contributed by atoms with Crippen LogP contribution in [0.15, 0.2) is 166 Å². The molecule has 0 bridgehead atoms. The maximum absolute atomic E-state index is 6.92. The van der Waals surface area contributed by atoms with Crippen molar-refractivity contribution in [2.75, 3.05) is 9.80 Å². The Hall–Kier alpha value is -6.56. The van der Waals surface area contributed by atoms with Gasteiger partial charge in [0, 0.05) is 59.9 Å². The Balaban J connectivity index is 1.22. The first-order valence-electron chi connectivity index (χ1n) is 19.1. The number of para-hydroxylation sites is 6. The molecule has 8 aromatic carbocycles. The number of anilines is 6. The number of nitrogens with zero attached hydrogens (tertiary/aromatic N) is 3. The van der Waals surface area contributed by atoms with Crippen LogP contribution in [0.5, 0.6) is 0 Å². The highest BCUT2D eigenvalue weighted by Gasteiger charge is 2.51. The fraction of sp³-hybridized carbons (Fsp3) is 0. The van der Waals surface area contributed by atoms with Crippen molar-refractivity contribution >= 4 is 136 Å². The molecule has 0 saturated carbocycles. The van der Waals surface area contributed by atoms with E-state index < -0.39 is 0 Å². The summed E-state index contributed by atoms with van der Waals surface area (Å²) in [7, 11) is 0. The van der Waals surface area contributed by atoms with Crippen LogP contribution in [-0.4, -0.2) is 18.0 Å². The maximum atomic E-state index is 6.92. The summed E-state index contributed by atoms with van der Waals surface area (Å²) in [5, 5.41) is 4.85. The lowest BCUT2D eigenvalue weighted by Crippen LogP contribution is -2.67. The second kappa shape index (κ2) is 9.38. The third-order valence-corrected chi connectivity index (χ3v) is 14.2. The molecule has 5 aliphatic rings. The second-order valence-electron chi connectivity index (χ2n) is 15.5. The predicted molar refractivity (Wildman–Crippen MR) is 231 cm³/mol. The number of hydrogen-bond acceptors (Lipinski definition) is 4. The van der Waals surface area contributed by atoms with Crippen LogP contribution in [0.3, 0.4) is 0 Å². The molecule has 7 heterocycles. The number of rotatable bonds is 1. The first-order valence-corrected chi connectivity index (χ1v) is 19.9. The number of furan rings is 1. The summed E-state index contributed by atoms with van der Waals surface area (Å²) >= 11 is 1.90. The largest absolute Gasteiger partial charge is 0.455 e. The molecule has 4 nitrogen and oxygen atoms in total. The fourth-order valence-electron chi connectivity index (χ4n) is 11.2. The van der Waals surface area contributed by atoms with E-state index in [9.17, 15) is 0 Å². The monoisotopic (exact) mass is 713 g/mol. The van der Waals surface area contributed by atoms with Gasteiger partial charge in [-0.15, -0.1) is 0 Å². The van der Waals surface area contributed by atoms with Crippen molar-refractivity contribution in [3.05, 3.63) is 152 Å². The molecule has 0 radical (unpaired) electrons. The Morgan fingerprint density at radius 1 is 0.455 bits per heavy atom. The molecule has 0 aliphatic carbocycles. The lowest BCUT2D eigenvalue weighted by Gasteiger charge is -2.48. The van der Waals surface area contributed by atoms with E-state index in [4.69, 9.17) is 4.42 Å². The van der Waals surface area contributed by atoms with Crippen molar-refractivity contribution in [1.29, 1.82) is 0 Å². The Morgan fingerprint density at radius 3 is 2.07 bits per heavy atom. The molecular weight excluding hydrogens is 688 g/mol. The van der Waals surface area contributed by atoms with Crippen molar-refractivity contribution in [2.24, 2.45) is 0 Å². The molecule has 0 fully saturated rings. The first kappa shape index (κ1) is 28.0. The van der Waals surface area contributed by atoms with E-state index in [-0.39, 0.29) is 13.4 Å². The van der Waals surface area contributed by atoms with Gasteiger partial charge in [-0.2, -0.15) is 0 Å². The number of hydrogen-bond donors (Lipinski definition) is 0. The van der Waals surface area contributed by atoms with Crippen molar-refractivity contribution in [2.45, 2.75) is 9.79 Å². The second-order valence-corrected chi connectivity index (χ2v) is 16.6. The van der Waals surface area contributed by atoms with Gasteiger partial charge in [0.2, 0.25) is 0 Å². The van der Waals surface area contributed by atoms with Crippen molar-refractivity contribution in [3.8, 4) is 5.69 Å². The number of aromatic nitrogens is 1. The van der Waals surface area contributed by atoms with Gasteiger partial charge >= 0.3 is 0 Å². The smallest absolute Gasteiger partial charge is 0.252 e. The molecule has 2 aromatic heterocycles. The summed E-state index contributed by atoms with van der Waals surface area (Å²) in [4.78, 5) is 7.72. The number of benzene rings is 8.